The zero-order valence-electron chi connectivity index (χ0n) is 19.3. The molecule has 2 aromatic carbocycles. The molecule has 0 unspecified atom stereocenters. The summed E-state index contributed by atoms with van der Waals surface area (Å²) in [6.45, 7) is 0. The molecule has 0 aliphatic carbocycles. The molecule has 9 heteroatoms. The summed E-state index contributed by atoms with van der Waals surface area (Å²) in [6.07, 6.45) is 5.16. The number of benzene rings is 2. The third kappa shape index (κ3) is 5.23. The monoisotopic (exact) mass is 471 g/mol. The van der Waals surface area contributed by atoms with Gasteiger partial charge in [0.15, 0.2) is 5.82 Å². The maximum Gasteiger partial charge on any atom is 0.258 e. The van der Waals surface area contributed by atoms with Crippen LogP contribution >= 0.6 is 0 Å². The number of nitrogen functional groups attached to an aromatic ring is 1. The zero-order chi connectivity index (χ0) is 24.9. The maximum absolute atomic E-state index is 15.2. The number of nitrogens with one attached hydrogen (secondary N) is 1. The molecular formula is C26H22FN5O3. The molecule has 0 radical (unpaired) electrons. The van der Waals surface area contributed by atoms with E-state index in [1.807, 2.05) is 13.2 Å². The lowest BCUT2D eigenvalue weighted by Crippen LogP contribution is -2.14. The number of methoxy groups -OCH3 is 2. The highest BCUT2D eigenvalue weighted by atomic mass is 19.1. The van der Waals surface area contributed by atoms with E-state index in [1.54, 1.807) is 47.4 Å². The molecule has 0 saturated carbocycles. The molecule has 8 nitrogen and oxygen atoms in total. The van der Waals surface area contributed by atoms with Gasteiger partial charge in [-0.2, -0.15) is 5.10 Å². The fourth-order valence-electron chi connectivity index (χ4n) is 3.32. The second kappa shape index (κ2) is 9.97. The van der Waals surface area contributed by atoms with Gasteiger partial charge in [0.2, 0.25) is 0 Å². The van der Waals surface area contributed by atoms with E-state index < -0.39 is 11.7 Å². The van der Waals surface area contributed by atoms with E-state index in [-0.39, 0.29) is 16.9 Å². The first-order valence-corrected chi connectivity index (χ1v) is 10.5. The minimum Gasteiger partial charge on any atom is -0.497 e. The highest BCUT2D eigenvalue weighted by molar-refractivity contribution is 6.05. The SMILES string of the molecule is COc1cc(NC(=O)c2cccc(C#Cc3cc(-c4cnn(C)c4)cnc3N)c2F)cc(OC)c1. The lowest BCUT2D eigenvalue weighted by Gasteiger charge is -2.10. The number of aryl methyl sites for hydroxylation is 1. The normalized spacial score (nSPS) is 10.3. The Morgan fingerprint density at radius 3 is 2.40 bits per heavy atom. The molecular weight excluding hydrogens is 449 g/mol. The van der Waals surface area contributed by atoms with Gasteiger partial charge in [-0.15, -0.1) is 0 Å². The molecule has 2 heterocycles. The number of aromatic nitrogens is 3. The summed E-state index contributed by atoms with van der Waals surface area (Å²) in [5.41, 5.74) is 8.32. The average molecular weight is 471 g/mol. The molecule has 0 spiro atoms. The third-order valence-electron chi connectivity index (χ3n) is 5.14. The van der Waals surface area contributed by atoms with Gasteiger partial charge >= 0.3 is 0 Å². The molecule has 0 aliphatic rings. The number of rotatable bonds is 5. The van der Waals surface area contributed by atoms with Crippen LogP contribution in [-0.2, 0) is 7.05 Å². The molecule has 4 aromatic rings. The first kappa shape index (κ1) is 23.3. The zero-order valence-corrected chi connectivity index (χ0v) is 19.3. The summed E-state index contributed by atoms with van der Waals surface area (Å²) >= 11 is 0. The number of nitrogens with zero attached hydrogens (tertiary/aromatic N) is 3. The first-order chi connectivity index (χ1) is 16.9. The average Bonchev–Trinajstić information content (AvgIpc) is 3.30. The Morgan fingerprint density at radius 1 is 1.03 bits per heavy atom. The van der Waals surface area contributed by atoms with Gasteiger partial charge in [-0.25, -0.2) is 9.37 Å². The van der Waals surface area contributed by atoms with Crippen molar-refractivity contribution in [2.75, 3.05) is 25.3 Å². The van der Waals surface area contributed by atoms with Gasteiger partial charge in [0, 0.05) is 54.5 Å². The second-order valence-electron chi connectivity index (χ2n) is 7.53. The summed E-state index contributed by atoms with van der Waals surface area (Å²) < 4.78 is 27.3. The largest absolute Gasteiger partial charge is 0.497 e. The van der Waals surface area contributed by atoms with E-state index in [0.717, 1.165) is 11.1 Å². The fraction of sp³-hybridized carbons (Fsp3) is 0.115. The van der Waals surface area contributed by atoms with Gasteiger partial charge in [0.1, 0.15) is 17.3 Å². The van der Waals surface area contributed by atoms with Crippen LogP contribution in [-0.4, -0.2) is 34.9 Å². The predicted octanol–water partition coefficient (Wildman–Crippen LogP) is 3.87. The number of ether oxygens (including phenoxy) is 2. The van der Waals surface area contributed by atoms with Crippen molar-refractivity contribution in [3.63, 3.8) is 0 Å². The van der Waals surface area contributed by atoms with Gasteiger partial charge in [-0.3, -0.25) is 9.48 Å². The van der Waals surface area contributed by atoms with E-state index >= 15 is 4.39 Å². The van der Waals surface area contributed by atoms with E-state index in [4.69, 9.17) is 15.2 Å². The Labute approximate surface area is 201 Å². The van der Waals surface area contributed by atoms with Crippen LogP contribution in [0.5, 0.6) is 11.5 Å². The highest BCUT2D eigenvalue weighted by Crippen LogP contribution is 2.26. The van der Waals surface area contributed by atoms with Gasteiger partial charge in [0.05, 0.1) is 37.1 Å². The Morgan fingerprint density at radius 2 is 1.74 bits per heavy atom. The number of nitrogens with two attached hydrogens (primary N) is 1. The summed E-state index contributed by atoms with van der Waals surface area (Å²) in [6, 6.07) is 11.1. The van der Waals surface area contributed by atoms with Crippen LogP contribution in [0, 0.1) is 17.7 Å². The summed E-state index contributed by atoms with van der Waals surface area (Å²) in [4.78, 5) is 17.0. The van der Waals surface area contributed by atoms with Crippen LogP contribution in [0.15, 0.2) is 61.1 Å². The van der Waals surface area contributed by atoms with Gasteiger partial charge in [-0.1, -0.05) is 17.9 Å². The topological polar surface area (TPSA) is 104 Å². The van der Waals surface area contributed by atoms with Crippen LogP contribution in [0.25, 0.3) is 11.1 Å². The summed E-state index contributed by atoms with van der Waals surface area (Å²) in [7, 11) is 4.80. The Kier molecular flexibility index (Phi) is 6.64. The van der Waals surface area contributed by atoms with Crippen molar-refractivity contribution in [3.05, 3.63) is 83.6 Å². The molecule has 3 N–H and O–H groups in total. The lowest BCUT2D eigenvalue weighted by molar-refractivity contribution is 0.102. The molecule has 0 bridgehead atoms. The van der Waals surface area contributed by atoms with Crippen LogP contribution < -0.4 is 20.5 Å². The van der Waals surface area contributed by atoms with Crippen molar-refractivity contribution >= 4 is 17.4 Å². The van der Waals surface area contributed by atoms with Crippen LogP contribution in [0.4, 0.5) is 15.9 Å². The quantitative estimate of drug-likeness (QED) is 0.428. The molecule has 35 heavy (non-hydrogen) atoms. The number of carbonyl (C=O) groups excluding carboxylic acids is 1. The van der Waals surface area contributed by atoms with Crippen LogP contribution in [0.3, 0.4) is 0 Å². The maximum atomic E-state index is 15.2. The molecule has 0 aliphatic heterocycles. The fourth-order valence-corrected chi connectivity index (χ4v) is 3.32. The molecule has 0 fully saturated rings. The van der Waals surface area contributed by atoms with Gasteiger partial charge in [-0.05, 0) is 18.2 Å². The summed E-state index contributed by atoms with van der Waals surface area (Å²) in [5, 5.41) is 6.81. The van der Waals surface area contributed by atoms with Crippen molar-refractivity contribution in [2.24, 2.45) is 7.05 Å². The van der Waals surface area contributed by atoms with E-state index in [9.17, 15) is 4.79 Å². The second-order valence-corrected chi connectivity index (χ2v) is 7.53. The molecule has 1 amide bonds. The smallest absolute Gasteiger partial charge is 0.258 e. The van der Waals surface area contributed by atoms with Crippen molar-refractivity contribution in [1.82, 2.24) is 14.8 Å². The molecule has 0 saturated heterocycles. The number of halogens is 1. The Bertz CT molecular complexity index is 1450. The van der Waals surface area contributed by atoms with Crippen molar-refractivity contribution in [3.8, 4) is 34.5 Å². The van der Waals surface area contributed by atoms with Crippen molar-refractivity contribution < 1.29 is 18.7 Å². The number of hydrogen-bond donors (Lipinski definition) is 2. The van der Waals surface area contributed by atoms with Crippen molar-refractivity contribution in [2.45, 2.75) is 0 Å². The first-order valence-electron chi connectivity index (χ1n) is 10.5. The number of amides is 1. The number of hydrogen-bond acceptors (Lipinski definition) is 6. The standard InChI is InChI=1S/C26H22FN5O3/c1-32-15-19(14-30-32)18-9-17(25(28)29-13-18)8-7-16-5-4-6-23(24(16)27)26(33)31-20-10-21(34-2)12-22(11-20)35-3/h4-6,9-15H,1-3H3,(H2,28,29)(H,31,33). The Hall–Kier alpha value is -4.84. The minimum atomic E-state index is -0.748. The van der Waals surface area contributed by atoms with E-state index in [0.29, 0.717) is 22.7 Å². The number of carbonyl (C=O) groups is 1. The minimum absolute atomic E-state index is 0.0482. The number of anilines is 2. The lowest BCUT2D eigenvalue weighted by atomic mass is 10.1. The van der Waals surface area contributed by atoms with E-state index in [2.05, 4.69) is 27.2 Å². The molecule has 0 atom stereocenters. The molecule has 4 rings (SSSR count). The van der Waals surface area contributed by atoms with Crippen LogP contribution in [0.2, 0.25) is 0 Å². The van der Waals surface area contributed by atoms with Crippen molar-refractivity contribution in [1.29, 1.82) is 0 Å². The predicted molar refractivity (Wildman–Crippen MR) is 131 cm³/mol. The summed E-state index contributed by atoms with van der Waals surface area (Å²) in [5.74, 6) is 5.43. The van der Waals surface area contributed by atoms with Gasteiger partial charge < -0.3 is 20.5 Å². The third-order valence-corrected chi connectivity index (χ3v) is 5.14. The van der Waals surface area contributed by atoms with E-state index in [1.165, 1.54) is 26.4 Å². The van der Waals surface area contributed by atoms with Gasteiger partial charge in [0.25, 0.3) is 5.91 Å². The van der Waals surface area contributed by atoms with Crippen LogP contribution in [0.1, 0.15) is 21.5 Å². The molecule has 176 valence electrons. The Balaban J connectivity index is 1.61. The highest BCUT2D eigenvalue weighted by Gasteiger charge is 2.15. The number of pyridine rings is 1. The molecule has 2 aromatic heterocycles.